The maximum absolute atomic E-state index is 9.55. The number of nitrogens with zero attached hydrogens (tertiary/aromatic N) is 2. The molecule has 0 aliphatic rings. The minimum atomic E-state index is 0.601. The van der Waals surface area contributed by atoms with E-state index in [1.165, 1.54) is 28.0 Å². The molecule has 25 heavy (non-hydrogen) atoms. The summed E-state index contributed by atoms with van der Waals surface area (Å²) in [4.78, 5) is 4.68. The molecule has 2 nitrogen and oxygen atoms in total. The van der Waals surface area contributed by atoms with E-state index < -0.39 is 0 Å². The second-order valence-corrected chi connectivity index (χ2v) is 6.96. The minimum Gasteiger partial charge on any atom is -0.235 e. The zero-order valence-electron chi connectivity index (χ0n) is 14.7. The first-order chi connectivity index (χ1) is 12.1. The standard InChI is InChI=1S/C22H20N2S/c1-4-17-6-8-18(9-7-17)12-20(13-23)22-24-21(14-25-22)19-10-5-15(2)16(3)11-19/h5-12,14H,4H2,1-3H3. The number of hydrogen-bond donors (Lipinski definition) is 0. The van der Waals surface area contributed by atoms with Crippen LogP contribution < -0.4 is 0 Å². The first kappa shape index (κ1) is 17.1. The summed E-state index contributed by atoms with van der Waals surface area (Å²) in [5, 5.41) is 12.3. The van der Waals surface area contributed by atoms with Crippen LogP contribution in [-0.2, 0) is 6.42 Å². The van der Waals surface area contributed by atoms with Gasteiger partial charge < -0.3 is 0 Å². The van der Waals surface area contributed by atoms with Crippen molar-refractivity contribution >= 4 is 23.0 Å². The van der Waals surface area contributed by atoms with Crippen molar-refractivity contribution in [1.29, 1.82) is 5.26 Å². The van der Waals surface area contributed by atoms with Gasteiger partial charge in [-0.15, -0.1) is 11.3 Å². The van der Waals surface area contributed by atoms with Gasteiger partial charge in [0.25, 0.3) is 0 Å². The lowest BCUT2D eigenvalue weighted by atomic mass is 10.0. The Morgan fingerprint density at radius 1 is 1.12 bits per heavy atom. The van der Waals surface area contributed by atoms with E-state index in [4.69, 9.17) is 0 Å². The molecule has 0 fully saturated rings. The number of thiazole rings is 1. The maximum atomic E-state index is 9.55. The third-order valence-electron chi connectivity index (χ3n) is 4.36. The molecule has 0 saturated heterocycles. The molecule has 0 spiro atoms. The Bertz CT molecular complexity index is 956. The molecule has 124 valence electrons. The number of allylic oxidation sites excluding steroid dienone is 1. The maximum Gasteiger partial charge on any atom is 0.134 e. The Morgan fingerprint density at radius 3 is 2.52 bits per heavy atom. The Morgan fingerprint density at radius 2 is 1.88 bits per heavy atom. The molecule has 0 atom stereocenters. The number of nitriles is 1. The summed E-state index contributed by atoms with van der Waals surface area (Å²) < 4.78 is 0. The quantitative estimate of drug-likeness (QED) is 0.540. The van der Waals surface area contributed by atoms with E-state index in [9.17, 15) is 5.26 Å². The second kappa shape index (κ2) is 7.46. The van der Waals surface area contributed by atoms with Gasteiger partial charge in [0.1, 0.15) is 11.1 Å². The predicted octanol–water partition coefficient (Wildman–Crippen LogP) is 6.05. The Labute approximate surface area is 153 Å². The summed E-state index contributed by atoms with van der Waals surface area (Å²) in [5.41, 5.74) is 7.45. The zero-order chi connectivity index (χ0) is 17.8. The first-order valence-corrected chi connectivity index (χ1v) is 9.23. The van der Waals surface area contributed by atoms with Gasteiger partial charge in [0.05, 0.1) is 11.3 Å². The van der Waals surface area contributed by atoms with Crippen molar-refractivity contribution in [2.45, 2.75) is 27.2 Å². The third kappa shape index (κ3) is 3.87. The lowest BCUT2D eigenvalue weighted by Gasteiger charge is -2.02. The van der Waals surface area contributed by atoms with Crippen molar-refractivity contribution in [2.24, 2.45) is 0 Å². The van der Waals surface area contributed by atoms with Crippen molar-refractivity contribution in [3.63, 3.8) is 0 Å². The van der Waals surface area contributed by atoms with E-state index in [1.807, 2.05) is 23.6 Å². The van der Waals surface area contributed by atoms with Crippen LogP contribution in [0, 0.1) is 25.2 Å². The molecule has 2 aromatic carbocycles. The van der Waals surface area contributed by atoms with Gasteiger partial charge in [-0.25, -0.2) is 4.98 Å². The predicted molar refractivity (Wildman–Crippen MR) is 106 cm³/mol. The average molecular weight is 344 g/mol. The number of benzene rings is 2. The molecule has 3 rings (SSSR count). The average Bonchev–Trinajstić information content (AvgIpc) is 3.12. The zero-order valence-corrected chi connectivity index (χ0v) is 15.5. The molecule has 0 radical (unpaired) electrons. The number of rotatable bonds is 4. The highest BCUT2D eigenvalue weighted by Crippen LogP contribution is 2.28. The molecule has 1 heterocycles. The van der Waals surface area contributed by atoms with Crippen molar-refractivity contribution in [2.75, 3.05) is 0 Å². The molecule has 0 unspecified atom stereocenters. The van der Waals surface area contributed by atoms with E-state index in [0.717, 1.165) is 28.2 Å². The van der Waals surface area contributed by atoms with Gasteiger partial charge in [-0.2, -0.15) is 5.26 Å². The molecule has 0 saturated carbocycles. The van der Waals surface area contributed by atoms with Gasteiger partial charge in [-0.05, 0) is 54.7 Å². The van der Waals surface area contributed by atoms with Crippen LogP contribution in [0.4, 0.5) is 0 Å². The number of aromatic nitrogens is 1. The molecule has 0 N–H and O–H groups in total. The largest absolute Gasteiger partial charge is 0.235 e. The molecular formula is C22H20N2S. The normalized spacial score (nSPS) is 11.4. The van der Waals surface area contributed by atoms with Crippen molar-refractivity contribution in [3.05, 3.63) is 75.1 Å². The van der Waals surface area contributed by atoms with Gasteiger partial charge in [-0.1, -0.05) is 43.3 Å². The van der Waals surface area contributed by atoms with E-state index in [-0.39, 0.29) is 0 Å². The van der Waals surface area contributed by atoms with Crippen LogP contribution in [-0.4, -0.2) is 4.98 Å². The fourth-order valence-electron chi connectivity index (χ4n) is 2.59. The van der Waals surface area contributed by atoms with Crippen LogP contribution in [0.5, 0.6) is 0 Å². The summed E-state index contributed by atoms with van der Waals surface area (Å²) in [6, 6.07) is 16.9. The van der Waals surface area contributed by atoms with Crippen molar-refractivity contribution < 1.29 is 0 Å². The molecule has 0 bridgehead atoms. The summed E-state index contributed by atoms with van der Waals surface area (Å²) in [6.45, 7) is 6.34. The molecule has 3 heteroatoms. The van der Waals surface area contributed by atoms with Gasteiger partial charge >= 0.3 is 0 Å². The molecule has 3 aromatic rings. The Hall–Kier alpha value is -2.70. The lowest BCUT2D eigenvalue weighted by molar-refractivity contribution is 1.14. The SMILES string of the molecule is CCc1ccc(C=C(C#N)c2nc(-c3ccc(C)c(C)c3)cs2)cc1. The fraction of sp³-hybridized carbons (Fsp3) is 0.182. The van der Waals surface area contributed by atoms with Crippen LogP contribution in [0.2, 0.25) is 0 Å². The van der Waals surface area contributed by atoms with Crippen LogP contribution in [0.25, 0.3) is 22.9 Å². The summed E-state index contributed by atoms with van der Waals surface area (Å²) in [6.07, 6.45) is 2.92. The van der Waals surface area contributed by atoms with Crippen molar-refractivity contribution in [3.8, 4) is 17.3 Å². The van der Waals surface area contributed by atoms with E-state index in [1.54, 1.807) is 0 Å². The Kier molecular flexibility index (Phi) is 5.11. The molecule has 0 aliphatic carbocycles. The van der Waals surface area contributed by atoms with Crippen LogP contribution in [0.1, 0.15) is 34.2 Å². The van der Waals surface area contributed by atoms with E-state index >= 15 is 0 Å². The third-order valence-corrected chi connectivity index (χ3v) is 5.23. The first-order valence-electron chi connectivity index (χ1n) is 8.35. The summed E-state index contributed by atoms with van der Waals surface area (Å²) >= 11 is 1.51. The topological polar surface area (TPSA) is 36.7 Å². The van der Waals surface area contributed by atoms with Gasteiger partial charge in [0.2, 0.25) is 0 Å². The molecule has 1 aromatic heterocycles. The lowest BCUT2D eigenvalue weighted by Crippen LogP contribution is -1.86. The van der Waals surface area contributed by atoms with Crippen molar-refractivity contribution in [1.82, 2.24) is 4.98 Å². The number of aryl methyl sites for hydroxylation is 3. The van der Waals surface area contributed by atoms with Crippen LogP contribution in [0.15, 0.2) is 47.8 Å². The summed E-state index contributed by atoms with van der Waals surface area (Å²) in [7, 11) is 0. The van der Waals surface area contributed by atoms with Crippen LogP contribution >= 0.6 is 11.3 Å². The highest BCUT2D eigenvalue weighted by molar-refractivity contribution is 7.11. The van der Waals surface area contributed by atoms with Gasteiger partial charge in [0, 0.05) is 10.9 Å². The smallest absolute Gasteiger partial charge is 0.134 e. The Balaban J connectivity index is 1.91. The fourth-order valence-corrected chi connectivity index (χ4v) is 3.38. The van der Waals surface area contributed by atoms with E-state index in [0.29, 0.717) is 5.57 Å². The van der Waals surface area contributed by atoms with Gasteiger partial charge in [-0.3, -0.25) is 0 Å². The monoisotopic (exact) mass is 344 g/mol. The van der Waals surface area contributed by atoms with Crippen LogP contribution in [0.3, 0.4) is 0 Å². The highest BCUT2D eigenvalue weighted by atomic mass is 32.1. The molecule has 0 amide bonds. The summed E-state index contributed by atoms with van der Waals surface area (Å²) in [5.74, 6) is 0. The second-order valence-electron chi connectivity index (χ2n) is 6.10. The minimum absolute atomic E-state index is 0.601. The highest BCUT2D eigenvalue weighted by Gasteiger charge is 2.10. The number of hydrogen-bond acceptors (Lipinski definition) is 3. The molecular weight excluding hydrogens is 324 g/mol. The molecule has 0 aliphatic heterocycles. The van der Waals surface area contributed by atoms with E-state index in [2.05, 4.69) is 62.2 Å². The van der Waals surface area contributed by atoms with Gasteiger partial charge in [0.15, 0.2) is 0 Å².